The minimum Gasteiger partial charge on any atom is -0.363 e. The smallest absolute Gasteiger partial charge is 0.137 e. The van der Waals surface area contributed by atoms with Gasteiger partial charge < -0.3 is 10.6 Å². The lowest BCUT2D eigenvalue weighted by Gasteiger charge is -2.26. The van der Waals surface area contributed by atoms with E-state index in [2.05, 4.69) is 50.0 Å². The zero-order valence-corrected chi connectivity index (χ0v) is 22.4. The molecule has 3 aromatic carbocycles. The van der Waals surface area contributed by atoms with Gasteiger partial charge in [-0.1, -0.05) is 94.3 Å². The Morgan fingerprint density at radius 1 is 0.973 bits per heavy atom. The van der Waals surface area contributed by atoms with Crippen LogP contribution in [0.3, 0.4) is 0 Å². The summed E-state index contributed by atoms with van der Waals surface area (Å²) >= 11 is 0. The lowest BCUT2D eigenvalue weighted by atomic mass is 10.0. The number of halogens is 1. The third-order valence-corrected chi connectivity index (χ3v) is 5.99. The maximum atomic E-state index is 13.6. The summed E-state index contributed by atoms with van der Waals surface area (Å²) in [6.07, 6.45) is 14.6. The quantitative estimate of drug-likeness (QED) is 0.347. The van der Waals surface area contributed by atoms with E-state index in [1.54, 1.807) is 6.07 Å². The summed E-state index contributed by atoms with van der Waals surface area (Å²) in [4.78, 5) is 4.84. The van der Waals surface area contributed by atoms with Gasteiger partial charge in [-0.3, -0.25) is 0 Å². The third-order valence-electron chi connectivity index (χ3n) is 5.99. The molecule has 1 aliphatic heterocycles. The second kappa shape index (κ2) is 16.0. The van der Waals surface area contributed by atoms with Gasteiger partial charge in [-0.25, -0.2) is 9.38 Å². The van der Waals surface area contributed by atoms with Gasteiger partial charge >= 0.3 is 0 Å². The van der Waals surface area contributed by atoms with Crippen molar-refractivity contribution in [3.63, 3.8) is 0 Å². The number of aliphatic imine (C=N–C) groups is 1. The molecule has 2 N–H and O–H groups in total. The van der Waals surface area contributed by atoms with Crippen molar-refractivity contribution in [1.82, 2.24) is 5.32 Å². The highest BCUT2D eigenvalue weighted by Gasteiger charge is 2.34. The molecule has 1 heterocycles. The second-order valence-corrected chi connectivity index (χ2v) is 9.02. The van der Waals surface area contributed by atoms with Gasteiger partial charge in [0.15, 0.2) is 0 Å². The molecule has 1 fully saturated rings. The predicted molar refractivity (Wildman–Crippen MR) is 158 cm³/mol. The van der Waals surface area contributed by atoms with Crippen LogP contribution < -0.4 is 10.6 Å². The molecule has 0 amide bonds. The fourth-order valence-electron chi connectivity index (χ4n) is 3.82. The molecule has 1 unspecified atom stereocenters. The Balaban J connectivity index is 0.000000307. The summed E-state index contributed by atoms with van der Waals surface area (Å²) in [5.74, 6) is 1.14. The van der Waals surface area contributed by atoms with Crippen molar-refractivity contribution >= 4 is 17.2 Å². The van der Waals surface area contributed by atoms with E-state index in [9.17, 15) is 4.39 Å². The molecule has 37 heavy (non-hydrogen) atoms. The maximum absolute atomic E-state index is 13.6. The number of nitrogens with zero attached hydrogens (tertiary/aromatic N) is 1. The number of rotatable bonds is 5. The molecule has 1 aliphatic carbocycles. The molecular formula is C33H40FN3. The monoisotopic (exact) mass is 497 g/mol. The van der Waals surface area contributed by atoms with Crippen LogP contribution in [0.2, 0.25) is 0 Å². The van der Waals surface area contributed by atoms with Gasteiger partial charge in [-0.05, 0) is 55.5 Å². The van der Waals surface area contributed by atoms with E-state index in [1.165, 1.54) is 44.2 Å². The van der Waals surface area contributed by atoms with Gasteiger partial charge in [0.1, 0.15) is 17.8 Å². The molecule has 0 bridgehead atoms. The van der Waals surface area contributed by atoms with Crippen LogP contribution in [-0.2, 0) is 0 Å². The van der Waals surface area contributed by atoms with Gasteiger partial charge in [0, 0.05) is 22.5 Å². The average Bonchev–Trinajstić information content (AvgIpc) is 3.79. The average molecular weight is 498 g/mol. The molecule has 3 nitrogen and oxygen atoms in total. The molecule has 0 radical (unpaired) electrons. The lowest BCUT2D eigenvalue weighted by molar-refractivity contribution is 0.626. The summed E-state index contributed by atoms with van der Waals surface area (Å²) in [5.41, 5.74) is 4.52. The first-order valence-electron chi connectivity index (χ1n) is 13.0. The number of benzene rings is 3. The standard InChI is InChI=1S/C20H20FN3.C6H6.C5H12.C2H2/c1-12-7-10-15(21)11-17(12)13(2)22-20-16-5-3-4-6-18(16)23-19(24-20)14-8-9-14;1-2-4-6-5-3-1;1-3-5-4-2;1-2/h3-7,10-11,14,19,23H,2,8-9H2,1H3,(H,22,24);1-6H;3-5H2,1-2H3;1-2H. The minimum absolute atomic E-state index is 0.101. The predicted octanol–water partition coefficient (Wildman–Crippen LogP) is 8.44. The Kier molecular flexibility index (Phi) is 12.7. The molecule has 2 aliphatic rings. The minimum atomic E-state index is -0.262. The van der Waals surface area contributed by atoms with Crippen molar-refractivity contribution < 1.29 is 4.39 Å². The van der Waals surface area contributed by atoms with Gasteiger partial charge in [-0.2, -0.15) is 0 Å². The zero-order valence-electron chi connectivity index (χ0n) is 22.4. The van der Waals surface area contributed by atoms with Crippen LogP contribution in [0.25, 0.3) is 5.70 Å². The van der Waals surface area contributed by atoms with Crippen molar-refractivity contribution in [2.24, 2.45) is 10.9 Å². The summed E-state index contributed by atoms with van der Waals surface area (Å²) in [6.45, 7) is 10.5. The number of anilines is 1. The third kappa shape index (κ3) is 9.61. The number of nitrogens with one attached hydrogen (secondary N) is 2. The van der Waals surface area contributed by atoms with Gasteiger partial charge in [0.05, 0.1) is 0 Å². The van der Waals surface area contributed by atoms with Crippen LogP contribution in [0.5, 0.6) is 0 Å². The molecular weight excluding hydrogens is 457 g/mol. The first-order valence-corrected chi connectivity index (χ1v) is 13.0. The molecule has 1 saturated carbocycles. The Morgan fingerprint density at radius 3 is 2.11 bits per heavy atom. The Morgan fingerprint density at radius 2 is 1.57 bits per heavy atom. The van der Waals surface area contributed by atoms with E-state index < -0.39 is 0 Å². The summed E-state index contributed by atoms with van der Waals surface area (Å²) in [5, 5.41) is 6.83. The van der Waals surface area contributed by atoms with E-state index in [0.29, 0.717) is 11.6 Å². The number of para-hydroxylation sites is 1. The molecule has 1 atom stereocenters. The highest BCUT2D eigenvalue weighted by molar-refractivity contribution is 6.08. The molecule has 194 valence electrons. The highest BCUT2D eigenvalue weighted by atomic mass is 19.1. The summed E-state index contributed by atoms with van der Waals surface area (Å²) in [7, 11) is 0. The normalized spacial score (nSPS) is 14.9. The summed E-state index contributed by atoms with van der Waals surface area (Å²) in [6, 6.07) is 24.8. The Hall–Kier alpha value is -3.84. The van der Waals surface area contributed by atoms with E-state index in [1.807, 2.05) is 61.5 Å². The molecule has 3 aromatic rings. The van der Waals surface area contributed by atoms with Crippen molar-refractivity contribution in [3.8, 4) is 12.8 Å². The van der Waals surface area contributed by atoms with Crippen LogP contribution >= 0.6 is 0 Å². The fourth-order valence-corrected chi connectivity index (χ4v) is 3.82. The van der Waals surface area contributed by atoms with Crippen LogP contribution in [-0.4, -0.2) is 12.0 Å². The van der Waals surface area contributed by atoms with Crippen molar-refractivity contribution in [3.05, 3.63) is 108 Å². The first kappa shape index (κ1) is 29.4. The SMILES string of the molecule is C#C.C=C(NC1=NC(C2CC2)Nc2ccccc21)c1cc(F)ccc1C.CCCCC.c1ccccc1. The van der Waals surface area contributed by atoms with Crippen molar-refractivity contribution in [2.75, 3.05) is 5.32 Å². The Bertz CT molecular complexity index is 1120. The molecule has 0 saturated heterocycles. The lowest BCUT2D eigenvalue weighted by Crippen LogP contribution is -2.34. The number of hydrogen-bond donors (Lipinski definition) is 2. The second-order valence-electron chi connectivity index (χ2n) is 9.02. The largest absolute Gasteiger partial charge is 0.363 e. The van der Waals surface area contributed by atoms with Crippen LogP contribution in [0.1, 0.15) is 62.6 Å². The molecule has 4 heteroatoms. The summed E-state index contributed by atoms with van der Waals surface area (Å²) < 4.78 is 13.6. The number of terminal acetylenes is 1. The van der Waals surface area contributed by atoms with Gasteiger partial charge in [0.25, 0.3) is 0 Å². The first-order chi connectivity index (χ1) is 18.0. The van der Waals surface area contributed by atoms with Crippen LogP contribution in [0, 0.1) is 31.5 Å². The zero-order chi connectivity index (χ0) is 27.0. The number of unbranched alkanes of at least 4 members (excludes halogenated alkanes) is 2. The fraction of sp³-hybridized carbons (Fsp3) is 0.303. The maximum Gasteiger partial charge on any atom is 0.137 e. The number of aryl methyl sites for hydroxylation is 1. The Labute approximate surface area is 222 Å². The van der Waals surface area contributed by atoms with Crippen LogP contribution in [0.15, 0.2) is 90.4 Å². The van der Waals surface area contributed by atoms with E-state index in [4.69, 9.17) is 4.99 Å². The number of hydrogen-bond acceptors (Lipinski definition) is 3. The van der Waals surface area contributed by atoms with E-state index >= 15 is 0 Å². The molecule has 0 aromatic heterocycles. The van der Waals surface area contributed by atoms with E-state index in [0.717, 1.165) is 28.2 Å². The van der Waals surface area contributed by atoms with Crippen LogP contribution in [0.4, 0.5) is 10.1 Å². The number of amidine groups is 1. The van der Waals surface area contributed by atoms with E-state index in [-0.39, 0.29) is 12.0 Å². The number of fused-ring (bicyclic) bond motifs is 1. The van der Waals surface area contributed by atoms with Gasteiger partial charge in [-0.15, -0.1) is 12.8 Å². The van der Waals surface area contributed by atoms with Crippen molar-refractivity contribution in [1.29, 1.82) is 0 Å². The molecule has 5 rings (SSSR count). The highest BCUT2D eigenvalue weighted by Crippen LogP contribution is 2.37. The van der Waals surface area contributed by atoms with Gasteiger partial charge in [0.2, 0.25) is 0 Å². The molecule has 0 spiro atoms. The topological polar surface area (TPSA) is 36.4 Å². The van der Waals surface area contributed by atoms with Crippen molar-refractivity contribution in [2.45, 2.75) is 59.0 Å².